The van der Waals surface area contributed by atoms with Gasteiger partial charge in [0, 0.05) is 39.1 Å². The summed E-state index contributed by atoms with van der Waals surface area (Å²) in [6.45, 7) is 6.89. The van der Waals surface area contributed by atoms with Gasteiger partial charge in [-0.15, -0.1) is 0 Å². The van der Waals surface area contributed by atoms with Crippen molar-refractivity contribution in [2.24, 2.45) is 7.05 Å². The zero-order valence-electron chi connectivity index (χ0n) is 17.3. The molecule has 160 valence electrons. The molecule has 30 heavy (non-hydrogen) atoms. The Morgan fingerprint density at radius 3 is 2.70 bits per heavy atom. The van der Waals surface area contributed by atoms with Gasteiger partial charge in [-0.2, -0.15) is 5.10 Å². The van der Waals surface area contributed by atoms with Gasteiger partial charge in [0.05, 0.1) is 36.4 Å². The molecule has 3 heterocycles. The minimum atomic E-state index is -0.250. The Kier molecular flexibility index (Phi) is 7.58. The fourth-order valence-corrected chi connectivity index (χ4v) is 3.31. The van der Waals surface area contributed by atoms with Crippen molar-refractivity contribution >= 4 is 6.47 Å². The third-order valence-electron chi connectivity index (χ3n) is 5.01. The summed E-state index contributed by atoms with van der Waals surface area (Å²) in [6.07, 6.45) is 5.64. The zero-order valence-corrected chi connectivity index (χ0v) is 17.3. The minimum absolute atomic E-state index is 0.250. The van der Waals surface area contributed by atoms with Crippen molar-refractivity contribution < 1.29 is 19.4 Å². The molecule has 0 spiro atoms. The zero-order chi connectivity index (χ0) is 21.3. The van der Waals surface area contributed by atoms with E-state index in [2.05, 4.69) is 32.5 Å². The van der Waals surface area contributed by atoms with Crippen LogP contribution in [0, 0.1) is 6.92 Å². The molecule has 0 unspecified atom stereocenters. The molecule has 9 heteroatoms. The number of benzene rings is 1. The average molecular weight is 413 g/mol. The van der Waals surface area contributed by atoms with Gasteiger partial charge in [-0.25, -0.2) is 4.98 Å². The number of hydrogen-bond acceptors (Lipinski definition) is 6. The summed E-state index contributed by atoms with van der Waals surface area (Å²) in [5.41, 5.74) is 3.08. The van der Waals surface area contributed by atoms with E-state index in [9.17, 15) is 0 Å². The van der Waals surface area contributed by atoms with Gasteiger partial charge < -0.3 is 14.6 Å². The molecular formula is C21H27N5O4. The summed E-state index contributed by atoms with van der Waals surface area (Å²) in [5.74, 6) is 1.70. The monoisotopic (exact) mass is 413 g/mol. The number of ether oxygens (including phenoxy) is 2. The predicted octanol–water partition coefficient (Wildman–Crippen LogP) is 1.99. The van der Waals surface area contributed by atoms with Crippen molar-refractivity contribution in [1.82, 2.24) is 24.2 Å². The first kappa shape index (κ1) is 21.5. The molecule has 0 amide bonds. The van der Waals surface area contributed by atoms with Crippen LogP contribution in [0.15, 0.2) is 42.9 Å². The normalized spacial score (nSPS) is 14.1. The van der Waals surface area contributed by atoms with Gasteiger partial charge in [0.15, 0.2) is 0 Å². The van der Waals surface area contributed by atoms with Gasteiger partial charge in [0.1, 0.15) is 18.2 Å². The van der Waals surface area contributed by atoms with Crippen LogP contribution in [0.1, 0.15) is 5.69 Å². The van der Waals surface area contributed by atoms with E-state index in [1.807, 2.05) is 48.5 Å². The molecule has 3 aromatic rings. The number of nitrogens with zero attached hydrogens (tertiary/aromatic N) is 5. The number of para-hydroxylation sites is 1. The van der Waals surface area contributed by atoms with Gasteiger partial charge in [-0.1, -0.05) is 12.1 Å². The number of hydrogen-bond donors (Lipinski definition) is 1. The number of morpholine rings is 1. The van der Waals surface area contributed by atoms with Crippen LogP contribution in [0.3, 0.4) is 0 Å². The van der Waals surface area contributed by atoms with Gasteiger partial charge in [0.25, 0.3) is 6.47 Å². The van der Waals surface area contributed by atoms with E-state index in [0.29, 0.717) is 6.61 Å². The lowest BCUT2D eigenvalue weighted by Crippen LogP contribution is -2.38. The molecule has 1 fully saturated rings. The summed E-state index contributed by atoms with van der Waals surface area (Å²) in [7, 11) is 1.94. The molecule has 1 saturated heterocycles. The SMILES string of the molecule is Cc1c(-n2ccnc2-c2ccccc2OCCN2CCOCC2)cnn1C.O=CO. The van der Waals surface area contributed by atoms with E-state index in [4.69, 9.17) is 19.4 Å². The molecule has 0 saturated carbocycles. The van der Waals surface area contributed by atoms with Crippen LogP contribution in [0.5, 0.6) is 5.75 Å². The van der Waals surface area contributed by atoms with E-state index in [0.717, 1.165) is 61.4 Å². The number of rotatable bonds is 6. The fraction of sp³-hybridized carbons (Fsp3) is 0.381. The maximum Gasteiger partial charge on any atom is 0.290 e. The number of carbonyl (C=O) groups is 1. The van der Waals surface area contributed by atoms with E-state index >= 15 is 0 Å². The second kappa shape index (κ2) is 10.6. The topological polar surface area (TPSA) is 94.6 Å². The molecule has 0 radical (unpaired) electrons. The number of aromatic nitrogens is 4. The molecule has 0 aliphatic carbocycles. The van der Waals surface area contributed by atoms with E-state index in [1.165, 1.54) is 0 Å². The second-order valence-corrected chi connectivity index (χ2v) is 6.76. The highest BCUT2D eigenvalue weighted by Gasteiger charge is 2.16. The lowest BCUT2D eigenvalue weighted by molar-refractivity contribution is -0.122. The summed E-state index contributed by atoms with van der Waals surface area (Å²) < 4.78 is 15.5. The molecular weight excluding hydrogens is 386 g/mol. The van der Waals surface area contributed by atoms with Crippen molar-refractivity contribution in [3.63, 3.8) is 0 Å². The molecule has 0 bridgehead atoms. The van der Waals surface area contributed by atoms with Crippen molar-refractivity contribution in [2.45, 2.75) is 6.92 Å². The summed E-state index contributed by atoms with van der Waals surface area (Å²) in [6, 6.07) is 8.06. The third kappa shape index (κ3) is 5.05. The summed E-state index contributed by atoms with van der Waals surface area (Å²) in [4.78, 5) is 15.3. The summed E-state index contributed by atoms with van der Waals surface area (Å²) in [5, 5.41) is 11.2. The maximum absolute atomic E-state index is 8.36. The van der Waals surface area contributed by atoms with Crippen LogP contribution in [-0.2, 0) is 16.6 Å². The van der Waals surface area contributed by atoms with Crippen LogP contribution in [-0.4, -0.2) is 75.3 Å². The van der Waals surface area contributed by atoms with E-state index in [1.54, 1.807) is 0 Å². The molecule has 1 aromatic carbocycles. The van der Waals surface area contributed by atoms with Crippen LogP contribution in [0.4, 0.5) is 0 Å². The molecule has 1 N–H and O–H groups in total. The largest absolute Gasteiger partial charge is 0.491 e. The van der Waals surface area contributed by atoms with E-state index < -0.39 is 0 Å². The van der Waals surface area contributed by atoms with Crippen molar-refractivity contribution in [3.05, 3.63) is 48.5 Å². The molecule has 1 aliphatic rings. The highest BCUT2D eigenvalue weighted by Crippen LogP contribution is 2.30. The lowest BCUT2D eigenvalue weighted by atomic mass is 10.2. The van der Waals surface area contributed by atoms with Crippen molar-refractivity contribution in [2.75, 3.05) is 39.5 Å². The first-order chi connectivity index (χ1) is 14.7. The van der Waals surface area contributed by atoms with Gasteiger partial charge in [0.2, 0.25) is 0 Å². The van der Waals surface area contributed by atoms with Crippen molar-refractivity contribution in [1.29, 1.82) is 0 Å². The number of aryl methyl sites for hydroxylation is 1. The molecule has 9 nitrogen and oxygen atoms in total. The standard InChI is InChI=1S/C20H25N5O2.CH2O2/c1-16-18(15-22-23(16)2)25-8-7-21-20(25)17-5-3-4-6-19(17)27-14-11-24-9-12-26-13-10-24;2-1-3/h3-8,15H,9-14H2,1-2H3;1H,(H,2,3). The van der Waals surface area contributed by atoms with E-state index in [-0.39, 0.29) is 6.47 Å². The molecule has 0 atom stereocenters. The quantitative estimate of drug-likeness (QED) is 0.618. The first-order valence-electron chi connectivity index (χ1n) is 9.78. The van der Waals surface area contributed by atoms with Gasteiger partial charge >= 0.3 is 0 Å². The van der Waals surface area contributed by atoms with Crippen LogP contribution in [0.25, 0.3) is 17.1 Å². The minimum Gasteiger partial charge on any atom is -0.491 e. The molecule has 2 aromatic heterocycles. The molecule has 1 aliphatic heterocycles. The van der Waals surface area contributed by atoms with Crippen LogP contribution < -0.4 is 4.74 Å². The van der Waals surface area contributed by atoms with Gasteiger partial charge in [-0.3, -0.25) is 18.9 Å². The maximum atomic E-state index is 8.36. The average Bonchev–Trinajstić information content (AvgIpc) is 3.37. The number of imidazole rings is 1. The van der Waals surface area contributed by atoms with Crippen LogP contribution in [0.2, 0.25) is 0 Å². The highest BCUT2D eigenvalue weighted by molar-refractivity contribution is 5.66. The Balaban J connectivity index is 0.000000806. The Morgan fingerprint density at radius 2 is 2.00 bits per heavy atom. The predicted molar refractivity (Wildman–Crippen MR) is 112 cm³/mol. The highest BCUT2D eigenvalue weighted by atomic mass is 16.5. The second-order valence-electron chi connectivity index (χ2n) is 6.76. The smallest absolute Gasteiger partial charge is 0.290 e. The lowest BCUT2D eigenvalue weighted by Gasteiger charge is -2.26. The Hall–Kier alpha value is -3.17. The third-order valence-corrected chi connectivity index (χ3v) is 5.01. The Labute approximate surface area is 175 Å². The fourth-order valence-electron chi connectivity index (χ4n) is 3.31. The number of carboxylic acid groups (broad SMARTS) is 1. The molecule has 4 rings (SSSR count). The summed E-state index contributed by atoms with van der Waals surface area (Å²) >= 11 is 0. The van der Waals surface area contributed by atoms with Gasteiger partial charge in [-0.05, 0) is 19.1 Å². The first-order valence-corrected chi connectivity index (χ1v) is 9.78. The Morgan fingerprint density at radius 1 is 1.27 bits per heavy atom. The van der Waals surface area contributed by atoms with Crippen molar-refractivity contribution in [3.8, 4) is 22.8 Å². The van der Waals surface area contributed by atoms with Crippen LogP contribution >= 0.6 is 0 Å². The Bertz CT molecular complexity index is 947.